The molecule has 1 rings (SSSR count). The van der Waals surface area contributed by atoms with Gasteiger partial charge in [0.2, 0.25) is 5.91 Å². The van der Waals surface area contributed by atoms with E-state index in [9.17, 15) is 9.18 Å². The van der Waals surface area contributed by atoms with Crippen LogP contribution in [0.25, 0.3) is 0 Å². The largest absolute Gasteiger partial charge is 0.324 e. The normalized spacial score (nSPS) is 12.3. The van der Waals surface area contributed by atoms with Crippen LogP contribution < -0.4 is 11.1 Å². The SMILES string of the molecule is CC[C@H](N)C(=O)Nc1cc(F)c(Br)cc1C. The maximum Gasteiger partial charge on any atom is 0.241 e. The van der Waals surface area contributed by atoms with Gasteiger partial charge in [-0.05, 0) is 47.0 Å². The lowest BCUT2D eigenvalue weighted by molar-refractivity contribution is -0.117. The number of carbonyl (C=O) groups is 1. The van der Waals surface area contributed by atoms with Gasteiger partial charge < -0.3 is 11.1 Å². The number of anilines is 1. The molecule has 1 aromatic carbocycles. The van der Waals surface area contributed by atoms with Crippen molar-refractivity contribution < 1.29 is 9.18 Å². The number of amides is 1. The molecule has 0 unspecified atom stereocenters. The summed E-state index contributed by atoms with van der Waals surface area (Å²) in [6, 6.07) is 2.33. The molecule has 0 heterocycles. The van der Waals surface area contributed by atoms with Gasteiger partial charge in [0, 0.05) is 5.69 Å². The molecule has 5 heteroatoms. The van der Waals surface area contributed by atoms with Crippen molar-refractivity contribution in [2.75, 3.05) is 5.32 Å². The minimum Gasteiger partial charge on any atom is -0.324 e. The van der Waals surface area contributed by atoms with Gasteiger partial charge in [0.15, 0.2) is 0 Å². The van der Waals surface area contributed by atoms with Crippen molar-refractivity contribution in [1.82, 2.24) is 0 Å². The molecular formula is C11H14BrFN2O. The van der Waals surface area contributed by atoms with Crippen LogP contribution in [-0.4, -0.2) is 11.9 Å². The predicted molar refractivity (Wildman–Crippen MR) is 65.7 cm³/mol. The molecule has 0 saturated heterocycles. The minimum atomic E-state index is -0.564. The van der Waals surface area contributed by atoms with Gasteiger partial charge >= 0.3 is 0 Å². The summed E-state index contributed by atoms with van der Waals surface area (Å²) in [6.07, 6.45) is 0.546. The van der Waals surface area contributed by atoms with Crippen LogP contribution in [0.2, 0.25) is 0 Å². The lowest BCUT2D eigenvalue weighted by Crippen LogP contribution is -2.35. The molecule has 0 aliphatic heterocycles. The molecule has 1 atom stereocenters. The van der Waals surface area contributed by atoms with E-state index in [4.69, 9.17) is 5.73 Å². The van der Waals surface area contributed by atoms with Crippen molar-refractivity contribution in [1.29, 1.82) is 0 Å². The Balaban J connectivity index is 2.90. The third kappa shape index (κ3) is 3.02. The van der Waals surface area contributed by atoms with Gasteiger partial charge in [-0.2, -0.15) is 0 Å². The molecule has 0 radical (unpaired) electrons. The summed E-state index contributed by atoms with van der Waals surface area (Å²) >= 11 is 3.08. The molecule has 1 aromatic rings. The average Bonchev–Trinajstić information content (AvgIpc) is 2.24. The Morgan fingerprint density at radius 3 is 2.81 bits per heavy atom. The molecule has 0 aromatic heterocycles. The third-order valence-electron chi connectivity index (χ3n) is 2.30. The van der Waals surface area contributed by atoms with E-state index in [1.807, 2.05) is 6.92 Å². The van der Waals surface area contributed by atoms with Crippen LogP contribution in [0.3, 0.4) is 0 Å². The van der Waals surface area contributed by atoms with E-state index < -0.39 is 11.9 Å². The van der Waals surface area contributed by atoms with Crippen LogP contribution in [0.15, 0.2) is 16.6 Å². The maximum atomic E-state index is 13.3. The highest BCUT2D eigenvalue weighted by molar-refractivity contribution is 9.10. The van der Waals surface area contributed by atoms with E-state index in [2.05, 4.69) is 21.2 Å². The molecule has 1 amide bonds. The first-order chi connectivity index (χ1) is 7.45. The number of aryl methyl sites for hydroxylation is 1. The summed E-state index contributed by atoms with van der Waals surface area (Å²) in [5.41, 5.74) is 6.80. The van der Waals surface area contributed by atoms with Crippen LogP contribution in [0.5, 0.6) is 0 Å². The van der Waals surface area contributed by atoms with Crippen molar-refractivity contribution in [2.24, 2.45) is 5.73 Å². The second-order valence-corrected chi connectivity index (χ2v) is 4.44. The monoisotopic (exact) mass is 288 g/mol. The van der Waals surface area contributed by atoms with Gasteiger partial charge in [-0.15, -0.1) is 0 Å². The van der Waals surface area contributed by atoms with E-state index in [0.29, 0.717) is 16.6 Å². The first-order valence-corrected chi connectivity index (χ1v) is 5.77. The Morgan fingerprint density at radius 1 is 1.62 bits per heavy atom. The van der Waals surface area contributed by atoms with Gasteiger partial charge in [0.1, 0.15) is 5.82 Å². The lowest BCUT2D eigenvalue weighted by atomic mass is 10.1. The summed E-state index contributed by atoms with van der Waals surface area (Å²) in [4.78, 5) is 11.5. The van der Waals surface area contributed by atoms with E-state index in [1.54, 1.807) is 13.0 Å². The fraction of sp³-hybridized carbons (Fsp3) is 0.364. The highest BCUT2D eigenvalue weighted by atomic mass is 79.9. The van der Waals surface area contributed by atoms with Crippen LogP contribution in [0.1, 0.15) is 18.9 Å². The van der Waals surface area contributed by atoms with Gasteiger partial charge in [-0.3, -0.25) is 4.79 Å². The van der Waals surface area contributed by atoms with Crippen LogP contribution >= 0.6 is 15.9 Å². The average molecular weight is 289 g/mol. The quantitative estimate of drug-likeness (QED) is 0.898. The summed E-state index contributed by atoms with van der Waals surface area (Å²) in [7, 11) is 0. The Kier molecular flexibility index (Phi) is 4.44. The van der Waals surface area contributed by atoms with Crippen molar-refractivity contribution in [2.45, 2.75) is 26.3 Å². The summed E-state index contributed by atoms with van der Waals surface area (Å²) < 4.78 is 13.6. The molecule has 0 saturated carbocycles. The van der Waals surface area contributed by atoms with E-state index in [-0.39, 0.29) is 5.91 Å². The smallest absolute Gasteiger partial charge is 0.241 e. The highest BCUT2D eigenvalue weighted by Crippen LogP contribution is 2.23. The third-order valence-corrected chi connectivity index (χ3v) is 2.91. The van der Waals surface area contributed by atoms with Crippen molar-refractivity contribution >= 4 is 27.5 Å². The van der Waals surface area contributed by atoms with Crippen LogP contribution in [-0.2, 0) is 4.79 Å². The molecule has 0 aliphatic carbocycles. The van der Waals surface area contributed by atoms with Crippen molar-refractivity contribution in [3.63, 3.8) is 0 Å². The van der Waals surface area contributed by atoms with Crippen molar-refractivity contribution in [3.05, 3.63) is 28.0 Å². The first-order valence-electron chi connectivity index (χ1n) is 4.97. The second-order valence-electron chi connectivity index (χ2n) is 3.59. The molecule has 3 nitrogen and oxygen atoms in total. The Morgan fingerprint density at radius 2 is 2.25 bits per heavy atom. The molecule has 0 spiro atoms. The zero-order chi connectivity index (χ0) is 12.3. The van der Waals surface area contributed by atoms with E-state index >= 15 is 0 Å². The Hall–Kier alpha value is -0.940. The molecule has 16 heavy (non-hydrogen) atoms. The van der Waals surface area contributed by atoms with Gasteiger partial charge in [0.25, 0.3) is 0 Å². The van der Waals surface area contributed by atoms with E-state index in [0.717, 1.165) is 5.56 Å². The zero-order valence-corrected chi connectivity index (χ0v) is 10.8. The number of halogens is 2. The number of carbonyl (C=O) groups excluding carboxylic acids is 1. The number of hydrogen-bond acceptors (Lipinski definition) is 2. The highest BCUT2D eigenvalue weighted by Gasteiger charge is 2.13. The summed E-state index contributed by atoms with van der Waals surface area (Å²) in [5, 5.41) is 2.60. The molecule has 0 aliphatic rings. The minimum absolute atomic E-state index is 0.299. The molecule has 3 N–H and O–H groups in total. The standard InChI is InChI=1S/C11H14BrFN2O/c1-3-9(14)11(16)15-10-5-8(13)7(12)4-6(10)2/h4-5,9H,3,14H2,1-2H3,(H,15,16)/t9-/m0/s1. The van der Waals surface area contributed by atoms with Crippen molar-refractivity contribution in [3.8, 4) is 0 Å². The number of rotatable bonds is 3. The molecular weight excluding hydrogens is 275 g/mol. The van der Waals surface area contributed by atoms with Gasteiger partial charge in [-0.25, -0.2) is 4.39 Å². The Labute approximate surface area is 102 Å². The fourth-order valence-electron chi connectivity index (χ4n) is 1.19. The lowest BCUT2D eigenvalue weighted by Gasteiger charge is -2.12. The first kappa shape index (κ1) is 13.1. The van der Waals surface area contributed by atoms with Crippen LogP contribution in [0, 0.1) is 12.7 Å². The summed E-state index contributed by atoms with van der Waals surface area (Å²) in [6.45, 7) is 3.61. The maximum absolute atomic E-state index is 13.3. The van der Waals surface area contributed by atoms with Gasteiger partial charge in [0.05, 0.1) is 10.5 Å². The second kappa shape index (κ2) is 5.41. The summed E-state index contributed by atoms with van der Waals surface area (Å²) in [5.74, 6) is -0.710. The van der Waals surface area contributed by atoms with E-state index in [1.165, 1.54) is 6.07 Å². The predicted octanol–water partition coefficient (Wildman–Crippen LogP) is 2.57. The zero-order valence-electron chi connectivity index (χ0n) is 9.18. The number of hydrogen-bond donors (Lipinski definition) is 2. The molecule has 0 fully saturated rings. The Bertz CT molecular complexity index is 409. The molecule has 0 bridgehead atoms. The number of benzene rings is 1. The number of nitrogens with two attached hydrogens (primary N) is 1. The van der Waals surface area contributed by atoms with Crippen LogP contribution in [0.4, 0.5) is 10.1 Å². The fourth-order valence-corrected chi connectivity index (χ4v) is 1.65. The molecule has 88 valence electrons. The topological polar surface area (TPSA) is 55.1 Å². The number of nitrogens with one attached hydrogen (secondary N) is 1. The van der Waals surface area contributed by atoms with Gasteiger partial charge in [-0.1, -0.05) is 6.92 Å².